The van der Waals surface area contributed by atoms with Crippen molar-refractivity contribution in [2.24, 2.45) is 0 Å². The maximum absolute atomic E-state index is 14.3. The van der Waals surface area contributed by atoms with Crippen LogP contribution in [0.4, 0.5) is 22.0 Å². The van der Waals surface area contributed by atoms with Crippen molar-refractivity contribution in [1.29, 1.82) is 0 Å². The summed E-state index contributed by atoms with van der Waals surface area (Å²) in [7, 11) is 0. The number of hydrogen-bond donors (Lipinski definition) is 1. The average molecular weight is 470 g/mol. The van der Waals surface area contributed by atoms with E-state index in [2.05, 4.69) is 20.6 Å². The van der Waals surface area contributed by atoms with Crippen LogP contribution in [0, 0.1) is 12.7 Å². The summed E-state index contributed by atoms with van der Waals surface area (Å²) < 4.78 is 68.3. The van der Waals surface area contributed by atoms with Gasteiger partial charge >= 0.3 is 6.18 Å². The maximum atomic E-state index is 14.3. The predicted octanol–water partition coefficient (Wildman–Crippen LogP) is 2.66. The molecule has 0 saturated carbocycles. The first-order chi connectivity index (χ1) is 15.5. The number of aryl methyl sites for hydroxylation is 2. The van der Waals surface area contributed by atoms with Gasteiger partial charge in [-0.2, -0.15) is 13.2 Å². The second kappa shape index (κ2) is 9.88. The molecule has 176 valence electrons. The summed E-state index contributed by atoms with van der Waals surface area (Å²) >= 11 is 0. The Bertz CT molecular complexity index is 1190. The van der Waals surface area contributed by atoms with Crippen molar-refractivity contribution in [3.05, 3.63) is 75.5 Å². The van der Waals surface area contributed by atoms with Crippen LogP contribution in [-0.4, -0.2) is 36.6 Å². The van der Waals surface area contributed by atoms with E-state index in [1.807, 2.05) is 0 Å². The van der Waals surface area contributed by atoms with E-state index in [1.165, 1.54) is 31.6 Å². The number of amides is 1. The van der Waals surface area contributed by atoms with E-state index < -0.39 is 35.2 Å². The fraction of sp³-hybridized carbons (Fsp3) is 0.350. The number of alkyl halides is 4. The van der Waals surface area contributed by atoms with Crippen molar-refractivity contribution < 1.29 is 26.7 Å². The van der Waals surface area contributed by atoms with Crippen molar-refractivity contribution in [2.75, 3.05) is 0 Å². The summed E-state index contributed by atoms with van der Waals surface area (Å²) in [6.45, 7) is 0.912. The summed E-state index contributed by atoms with van der Waals surface area (Å²) in [6, 6.07) is 2.28. The van der Waals surface area contributed by atoms with Gasteiger partial charge in [0, 0.05) is 31.7 Å². The van der Waals surface area contributed by atoms with Crippen LogP contribution in [0.3, 0.4) is 0 Å². The van der Waals surface area contributed by atoms with Gasteiger partial charge in [-0.05, 0) is 36.6 Å². The Balaban J connectivity index is 1.52. The monoisotopic (exact) mass is 470 g/mol. The van der Waals surface area contributed by atoms with E-state index >= 15 is 0 Å². The lowest BCUT2D eigenvalue weighted by molar-refractivity contribution is -0.137. The maximum Gasteiger partial charge on any atom is 0.417 e. The molecule has 0 aliphatic carbocycles. The van der Waals surface area contributed by atoms with Gasteiger partial charge in [-0.1, -0.05) is 5.21 Å². The Kier molecular flexibility index (Phi) is 7.19. The lowest BCUT2D eigenvalue weighted by atomic mass is 10.2. The molecule has 0 radical (unpaired) electrons. The van der Waals surface area contributed by atoms with Gasteiger partial charge in [-0.15, -0.1) is 5.10 Å². The van der Waals surface area contributed by atoms with E-state index in [1.54, 1.807) is 0 Å². The molecule has 1 amide bonds. The molecule has 3 aromatic rings. The van der Waals surface area contributed by atoms with Crippen molar-refractivity contribution in [3.63, 3.8) is 0 Å². The van der Waals surface area contributed by atoms with Gasteiger partial charge in [0.05, 0.1) is 18.3 Å². The fourth-order valence-electron chi connectivity index (χ4n) is 2.89. The molecule has 0 spiro atoms. The zero-order chi connectivity index (χ0) is 24.2. The van der Waals surface area contributed by atoms with E-state index in [-0.39, 0.29) is 42.9 Å². The minimum Gasteiger partial charge on any atom is -0.346 e. The zero-order valence-corrected chi connectivity index (χ0v) is 17.3. The van der Waals surface area contributed by atoms with Crippen LogP contribution in [0.5, 0.6) is 0 Å². The summed E-state index contributed by atoms with van der Waals surface area (Å²) in [5.41, 5.74) is -1.59. The second-order valence-corrected chi connectivity index (χ2v) is 7.29. The molecule has 0 aliphatic heterocycles. The summed E-state index contributed by atoms with van der Waals surface area (Å²) in [5, 5.41) is 9.67. The van der Waals surface area contributed by atoms with Crippen molar-refractivity contribution >= 4 is 5.91 Å². The van der Waals surface area contributed by atoms with Crippen LogP contribution < -0.4 is 10.9 Å². The molecule has 0 bridgehead atoms. The van der Waals surface area contributed by atoms with Crippen LogP contribution in [0.25, 0.3) is 0 Å². The Morgan fingerprint density at radius 3 is 2.76 bits per heavy atom. The number of carbonyl (C=O) groups is 1. The van der Waals surface area contributed by atoms with E-state index in [9.17, 15) is 31.5 Å². The van der Waals surface area contributed by atoms with Crippen LogP contribution in [0.15, 0.2) is 41.7 Å². The number of pyridine rings is 2. The zero-order valence-electron chi connectivity index (χ0n) is 17.3. The van der Waals surface area contributed by atoms with E-state index in [4.69, 9.17) is 0 Å². The highest BCUT2D eigenvalue weighted by Crippen LogP contribution is 2.28. The molecule has 0 saturated heterocycles. The highest BCUT2D eigenvalue weighted by atomic mass is 19.4. The van der Waals surface area contributed by atoms with Gasteiger partial charge in [0.2, 0.25) is 0 Å². The van der Waals surface area contributed by atoms with Crippen molar-refractivity contribution in [1.82, 2.24) is 29.9 Å². The van der Waals surface area contributed by atoms with Gasteiger partial charge in [0.1, 0.15) is 6.17 Å². The van der Waals surface area contributed by atoms with Crippen molar-refractivity contribution in [2.45, 2.75) is 45.3 Å². The molecule has 1 atom stereocenters. The molecule has 1 N–H and O–H groups in total. The first-order valence-electron chi connectivity index (χ1n) is 9.73. The molecule has 0 aromatic carbocycles. The van der Waals surface area contributed by atoms with Gasteiger partial charge in [0.15, 0.2) is 11.5 Å². The van der Waals surface area contributed by atoms with Crippen LogP contribution in [0.2, 0.25) is 0 Å². The Labute approximate surface area is 184 Å². The third-order valence-electron chi connectivity index (χ3n) is 4.71. The molecular formula is C20H19F5N6O2. The van der Waals surface area contributed by atoms with Crippen LogP contribution >= 0.6 is 0 Å². The number of hydrogen-bond acceptors (Lipinski definition) is 5. The standard InChI is InChI=1S/C20H19F5N6O2/c1-12-2-4-30(19(33)17(12)22)5-3-15(21)10-31-11-16(28-29-31)18(32)27-8-13-6-14(9-26-7-13)20(23,24)25/h2,4,6-7,9,11,15H,3,5,8,10H2,1H3,(H,27,32). The smallest absolute Gasteiger partial charge is 0.346 e. The lowest BCUT2D eigenvalue weighted by Gasteiger charge is -2.10. The molecule has 0 fully saturated rings. The topological polar surface area (TPSA) is 94.7 Å². The van der Waals surface area contributed by atoms with E-state index in [0.717, 1.165) is 15.3 Å². The predicted molar refractivity (Wildman–Crippen MR) is 105 cm³/mol. The summed E-state index contributed by atoms with van der Waals surface area (Å²) in [5.74, 6) is -1.60. The Hall–Kier alpha value is -3.64. The number of carbonyl (C=O) groups excluding carboxylic acids is 1. The highest BCUT2D eigenvalue weighted by Gasteiger charge is 2.31. The number of halogens is 5. The van der Waals surface area contributed by atoms with Crippen molar-refractivity contribution in [3.8, 4) is 0 Å². The lowest BCUT2D eigenvalue weighted by Crippen LogP contribution is -2.25. The number of rotatable bonds is 8. The van der Waals surface area contributed by atoms with Crippen LogP contribution in [0.1, 0.15) is 33.6 Å². The minimum atomic E-state index is -4.56. The molecule has 3 aromatic heterocycles. The third kappa shape index (κ3) is 6.20. The molecule has 1 unspecified atom stereocenters. The number of nitrogens with zero attached hydrogens (tertiary/aromatic N) is 5. The molecule has 3 rings (SSSR count). The Morgan fingerprint density at radius 1 is 1.27 bits per heavy atom. The van der Waals surface area contributed by atoms with E-state index in [0.29, 0.717) is 6.20 Å². The molecule has 3 heterocycles. The quantitative estimate of drug-likeness (QED) is 0.511. The molecule has 8 nitrogen and oxygen atoms in total. The molecule has 13 heteroatoms. The fourth-order valence-corrected chi connectivity index (χ4v) is 2.89. The molecule has 33 heavy (non-hydrogen) atoms. The highest BCUT2D eigenvalue weighted by molar-refractivity contribution is 5.91. The first-order valence-corrected chi connectivity index (χ1v) is 9.73. The molecular weight excluding hydrogens is 451 g/mol. The Morgan fingerprint density at radius 2 is 2.03 bits per heavy atom. The number of nitrogens with one attached hydrogen (secondary N) is 1. The average Bonchev–Trinajstić information content (AvgIpc) is 3.23. The SMILES string of the molecule is Cc1ccn(CCC(F)Cn2cc(C(=O)NCc3cncc(C(F)(F)F)c3)nn2)c(=O)c1F. The van der Waals surface area contributed by atoms with Gasteiger partial charge < -0.3 is 9.88 Å². The normalized spacial score (nSPS) is 12.5. The van der Waals surface area contributed by atoms with Gasteiger partial charge in [-0.25, -0.2) is 13.5 Å². The summed E-state index contributed by atoms with van der Waals surface area (Å²) in [4.78, 5) is 27.5. The molecule has 0 aliphatic rings. The largest absolute Gasteiger partial charge is 0.417 e. The minimum absolute atomic E-state index is 0.0513. The van der Waals surface area contributed by atoms with Crippen LogP contribution in [-0.2, 0) is 25.8 Å². The number of aromatic nitrogens is 5. The van der Waals surface area contributed by atoms with Gasteiger partial charge in [-0.3, -0.25) is 14.6 Å². The first kappa shape index (κ1) is 24.0. The van der Waals surface area contributed by atoms with Gasteiger partial charge in [0.25, 0.3) is 11.5 Å². The second-order valence-electron chi connectivity index (χ2n) is 7.29. The summed E-state index contributed by atoms with van der Waals surface area (Å²) in [6.07, 6.45) is -1.70. The third-order valence-corrected chi connectivity index (χ3v) is 4.71.